The number of aliphatic hydroxyl groups excluding tert-OH is 1. The molecule has 0 atom stereocenters. The molecule has 3 heteroatoms. The van der Waals surface area contributed by atoms with Gasteiger partial charge in [0.05, 0.1) is 13.2 Å². The van der Waals surface area contributed by atoms with E-state index in [1.54, 1.807) is 6.92 Å². The number of aryl methyl sites for hydroxylation is 1. The molecule has 0 aromatic heterocycles. The van der Waals surface area contributed by atoms with Crippen molar-refractivity contribution in [2.75, 3.05) is 19.8 Å². The average Bonchev–Trinajstić information content (AvgIpc) is 3.03. The third kappa shape index (κ3) is 1.39. The van der Waals surface area contributed by atoms with Crippen LogP contribution in [0.3, 0.4) is 0 Å². The Bertz CT molecular complexity index is 448. The van der Waals surface area contributed by atoms with Crippen LogP contribution in [0.25, 0.3) is 0 Å². The highest BCUT2D eigenvalue weighted by molar-refractivity contribution is 5.37. The van der Waals surface area contributed by atoms with Crippen LogP contribution in [0, 0.1) is 18.2 Å². The fourth-order valence-corrected chi connectivity index (χ4v) is 2.97. The van der Waals surface area contributed by atoms with E-state index in [2.05, 4.69) is 0 Å². The maximum Gasteiger partial charge on any atom is 0.126 e. The highest BCUT2D eigenvalue weighted by Crippen LogP contribution is 2.62. The molecule has 1 aliphatic heterocycles. The fourth-order valence-electron chi connectivity index (χ4n) is 2.97. The first-order valence-corrected chi connectivity index (χ1v) is 6.09. The van der Waals surface area contributed by atoms with Crippen molar-refractivity contribution >= 4 is 0 Å². The Morgan fingerprint density at radius 3 is 2.47 bits per heavy atom. The lowest BCUT2D eigenvalue weighted by molar-refractivity contribution is -0.110. The van der Waals surface area contributed by atoms with E-state index in [-0.39, 0.29) is 23.3 Å². The number of hydrogen-bond donors (Lipinski definition) is 1. The van der Waals surface area contributed by atoms with Crippen molar-refractivity contribution in [3.8, 4) is 0 Å². The van der Waals surface area contributed by atoms with Gasteiger partial charge in [0.25, 0.3) is 0 Å². The van der Waals surface area contributed by atoms with Crippen LogP contribution in [0.4, 0.5) is 4.39 Å². The first kappa shape index (κ1) is 11.2. The maximum absolute atomic E-state index is 13.3. The average molecular weight is 236 g/mol. The van der Waals surface area contributed by atoms with Crippen LogP contribution in [-0.4, -0.2) is 24.9 Å². The van der Waals surface area contributed by atoms with Gasteiger partial charge in [0, 0.05) is 17.4 Å². The summed E-state index contributed by atoms with van der Waals surface area (Å²) in [5.74, 6) is -0.169. The van der Waals surface area contributed by atoms with Crippen LogP contribution in [0.5, 0.6) is 0 Å². The number of rotatable bonds is 3. The molecular formula is C14H17FO2. The summed E-state index contributed by atoms with van der Waals surface area (Å²) in [7, 11) is 0. The zero-order chi connectivity index (χ0) is 12.1. The molecule has 2 fully saturated rings. The zero-order valence-electron chi connectivity index (χ0n) is 10.0. The van der Waals surface area contributed by atoms with Crippen molar-refractivity contribution in [2.24, 2.45) is 5.41 Å². The molecule has 0 spiro atoms. The quantitative estimate of drug-likeness (QED) is 0.871. The van der Waals surface area contributed by atoms with E-state index in [1.165, 1.54) is 6.07 Å². The minimum atomic E-state index is -0.169. The standard InChI is InChI=1S/C14H17FO2/c1-10-6-11(2-3-12(10)15)14(8-17-9-14)13(7-16)4-5-13/h2-3,6,16H,4-5,7-9H2,1H3. The number of ether oxygens (including phenoxy) is 1. The maximum atomic E-state index is 13.3. The van der Waals surface area contributed by atoms with E-state index in [4.69, 9.17) is 4.74 Å². The Morgan fingerprint density at radius 1 is 1.35 bits per heavy atom. The van der Waals surface area contributed by atoms with Gasteiger partial charge < -0.3 is 9.84 Å². The van der Waals surface area contributed by atoms with Gasteiger partial charge in [0.15, 0.2) is 0 Å². The lowest BCUT2D eigenvalue weighted by Gasteiger charge is -2.48. The molecule has 17 heavy (non-hydrogen) atoms. The van der Waals surface area contributed by atoms with E-state index >= 15 is 0 Å². The molecule has 2 nitrogen and oxygen atoms in total. The summed E-state index contributed by atoms with van der Waals surface area (Å²) >= 11 is 0. The Balaban J connectivity index is 2.03. The molecule has 1 aromatic carbocycles. The summed E-state index contributed by atoms with van der Waals surface area (Å²) in [5, 5.41) is 9.61. The molecule has 92 valence electrons. The summed E-state index contributed by atoms with van der Waals surface area (Å²) < 4.78 is 18.7. The van der Waals surface area contributed by atoms with Gasteiger partial charge >= 0.3 is 0 Å². The first-order valence-electron chi connectivity index (χ1n) is 6.09. The minimum absolute atomic E-state index is 0.0183. The monoisotopic (exact) mass is 236 g/mol. The van der Waals surface area contributed by atoms with Crippen molar-refractivity contribution in [1.82, 2.24) is 0 Å². The summed E-state index contributed by atoms with van der Waals surface area (Å²) in [4.78, 5) is 0. The minimum Gasteiger partial charge on any atom is -0.396 e. The lowest BCUT2D eigenvalue weighted by atomic mass is 9.66. The number of hydrogen-bond acceptors (Lipinski definition) is 2. The number of halogens is 1. The zero-order valence-corrected chi connectivity index (χ0v) is 10.0. The van der Waals surface area contributed by atoms with Crippen molar-refractivity contribution in [3.63, 3.8) is 0 Å². The molecule has 0 amide bonds. The fraction of sp³-hybridized carbons (Fsp3) is 0.571. The van der Waals surface area contributed by atoms with Crippen molar-refractivity contribution in [1.29, 1.82) is 0 Å². The first-order chi connectivity index (χ1) is 8.13. The van der Waals surface area contributed by atoms with E-state index in [9.17, 15) is 9.50 Å². The molecule has 1 heterocycles. The SMILES string of the molecule is Cc1cc(C2(C3(CO)CC3)COC2)ccc1F. The van der Waals surface area contributed by atoms with Gasteiger partial charge in [-0.1, -0.05) is 12.1 Å². The highest BCUT2D eigenvalue weighted by Gasteiger charge is 2.63. The second kappa shape index (κ2) is 3.53. The molecule has 0 radical (unpaired) electrons. The van der Waals surface area contributed by atoms with Gasteiger partial charge in [-0.3, -0.25) is 0 Å². The van der Waals surface area contributed by atoms with Crippen molar-refractivity contribution in [3.05, 3.63) is 35.1 Å². The van der Waals surface area contributed by atoms with E-state index in [1.807, 2.05) is 12.1 Å². The normalized spacial score (nSPS) is 24.2. The van der Waals surface area contributed by atoms with Crippen molar-refractivity contribution < 1.29 is 14.2 Å². The third-order valence-corrected chi connectivity index (χ3v) is 4.58. The van der Waals surface area contributed by atoms with Gasteiger partial charge in [-0.2, -0.15) is 0 Å². The predicted octanol–water partition coefficient (Wildman–Crippen LogP) is 2.17. The van der Waals surface area contributed by atoms with E-state index in [0.29, 0.717) is 18.8 Å². The summed E-state index contributed by atoms with van der Waals surface area (Å²) in [5.41, 5.74) is 1.69. The van der Waals surface area contributed by atoms with Crippen LogP contribution in [-0.2, 0) is 10.2 Å². The van der Waals surface area contributed by atoms with E-state index in [0.717, 1.165) is 18.4 Å². The van der Waals surface area contributed by atoms with Gasteiger partial charge in [-0.05, 0) is 37.0 Å². The summed E-state index contributed by atoms with van der Waals surface area (Å²) in [6.45, 7) is 3.29. The third-order valence-electron chi connectivity index (χ3n) is 4.58. The van der Waals surface area contributed by atoms with Gasteiger partial charge in [0.1, 0.15) is 5.82 Å². The van der Waals surface area contributed by atoms with Crippen LogP contribution < -0.4 is 0 Å². The number of aliphatic hydroxyl groups is 1. The van der Waals surface area contributed by atoms with Crippen LogP contribution in [0.2, 0.25) is 0 Å². The number of benzene rings is 1. The smallest absolute Gasteiger partial charge is 0.126 e. The van der Waals surface area contributed by atoms with Gasteiger partial charge in [-0.25, -0.2) is 4.39 Å². The lowest BCUT2D eigenvalue weighted by Crippen LogP contribution is -2.55. The molecule has 0 unspecified atom stereocenters. The molecule has 1 N–H and O–H groups in total. The van der Waals surface area contributed by atoms with Crippen LogP contribution in [0.15, 0.2) is 18.2 Å². The Kier molecular flexibility index (Phi) is 2.32. The largest absolute Gasteiger partial charge is 0.396 e. The molecule has 3 rings (SSSR count). The topological polar surface area (TPSA) is 29.5 Å². The summed E-state index contributed by atoms with van der Waals surface area (Å²) in [6, 6.07) is 5.28. The highest BCUT2D eigenvalue weighted by atomic mass is 19.1. The second-order valence-corrected chi connectivity index (χ2v) is 5.48. The Labute approximate surface area is 100 Å². The molecular weight excluding hydrogens is 219 g/mol. The predicted molar refractivity (Wildman–Crippen MR) is 62.4 cm³/mol. The van der Waals surface area contributed by atoms with Gasteiger partial charge in [0.2, 0.25) is 0 Å². The van der Waals surface area contributed by atoms with Crippen molar-refractivity contribution in [2.45, 2.75) is 25.2 Å². The second-order valence-electron chi connectivity index (χ2n) is 5.48. The molecule has 1 saturated heterocycles. The molecule has 2 aliphatic rings. The van der Waals surface area contributed by atoms with E-state index < -0.39 is 0 Å². The van der Waals surface area contributed by atoms with Gasteiger partial charge in [-0.15, -0.1) is 0 Å². The van der Waals surface area contributed by atoms with Crippen LogP contribution in [0.1, 0.15) is 24.0 Å². The Morgan fingerprint density at radius 2 is 2.06 bits per heavy atom. The summed E-state index contributed by atoms with van der Waals surface area (Å²) in [6.07, 6.45) is 2.09. The Hall–Kier alpha value is -0.930. The van der Waals surface area contributed by atoms with Crippen LogP contribution >= 0.6 is 0 Å². The molecule has 1 saturated carbocycles. The molecule has 1 aliphatic carbocycles. The molecule has 1 aromatic rings. The molecule has 0 bridgehead atoms.